The van der Waals surface area contributed by atoms with Gasteiger partial charge in [-0.2, -0.15) is 0 Å². The summed E-state index contributed by atoms with van der Waals surface area (Å²) in [5.74, 6) is -1.23. The Morgan fingerprint density at radius 2 is 1.97 bits per heavy atom. The van der Waals surface area contributed by atoms with Gasteiger partial charge in [-0.05, 0) is 17.9 Å². The fraction of sp³-hybridized carbons (Fsp3) is 0.381. The first-order valence-electron chi connectivity index (χ1n) is 9.82. The first-order valence-corrected chi connectivity index (χ1v) is 10.6. The number of rotatable bonds is 8. The van der Waals surface area contributed by atoms with Crippen LogP contribution in [-0.2, 0) is 27.3 Å². The van der Waals surface area contributed by atoms with Gasteiger partial charge in [-0.15, -0.1) is 11.3 Å². The quantitative estimate of drug-likeness (QED) is 0.477. The van der Waals surface area contributed by atoms with E-state index in [0.717, 1.165) is 15.3 Å². The van der Waals surface area contributed by atoms with Crippen molar-refractivity contribution in [1.29, 1.82) is 0 Å². The summed E-state index contributed by atoms with van der Waals surface area (Å²) in [4.78, 5) is 55.2. The second-order valence-corrected chi connectivity index (χ2v) is 8.63. The van der Waals surface area contributed by atoms with Crippen molar-refractivity contribution in [2.24, 2.45) is 5.92 Å². The highest BCUT2D eigenvalue weighted by atomic mass is 32.1. The smallest absolute Gasteiger partial charge is 0.357 e. The van der Waals surface area contributed by atoms with Gasteiger partial charge in [0.05, 0.1) is 20.1 Å². The molecule has 1 aromatic carbocycles. The maximum Gasteiger partial charge on any atom is 0.357 e. The Bertz CT molecular complexity index is 989. The molecule has 31 heavy (non-hydrogen) atoms. The fourth-order valence-corrected chi connectivity index (χ4v) is 4.33. The molecule has 2 heterocycles. The summed E-state index contributed by atoms with van der Waals surface area (Å²) < 4.78 is 4.77. The third-order valence-electron chi connectivity index (χ3n) is 4.60. The third kappa shape index (κ3) is 5.46. The van der Waals surface area contributed by atoms with Gasteiger partial charge in [0, 0.05) is 4.88 Å². The van der Waals surface area contributed by atoms with Crippen molar-refractivity contribution >= 4 is 40.3 Å². The van der Waals surface area contributed by atoms with Crippen LogP contribution in [-0.4, -0.2) is 46.9 Å². The molecule has 1 aliphatic rings. The average Bonchev–Trinajstić information content (AvgIpc) is 3.23. The van der Waals surface area contributed by atoms with Gasteiger partial charge in [0.1, 0.15) is 6.04 Å². The molecule has 1 fully saturated rings. The van der Waals surface area contributed by atoms with Crippen LogP contribution in [0.5, 0.6) is 0 Å². The standard InChI is InChI=1S/C21H24N4O5S/c1-12(2)9-15-17(19(28)30-3)24-20(31-15)23-16(26)10-14-18(27)25(21(29)22-14)11-13-7-5-4-6-8-13/h4-8,12,14H,9-11H2,1-3H3,(H,22,29)(H,23,24,26). The normalized spacial score (nSPS) is 15.9. The number of methoxy groups -OCH3 is 1. The number of nitrogens with zero attached hydrogens (tertiary/aromatic N) is 2. The number of amides is 4. The van der Waals surface area contributed by atoms with Crippen molar-refractivity contribution in [3.63, 3.8) is 0 Å². The maximum atomic E-state index is 12.6. The summed E-state index contributed by atoms with van der Waals surface area (Å²) in [6.07, 6.45) is 0.381. The largest absolute Gasteiger partial charge is 0.464 e. The van der Waals surface area contributed by atoms with Crippen LogP contribution in [0.25, 0.3) is 0 Å². The summed E-state index contributed by atoms with van der Waals surface area (Å²) in [5, 5.41) is 5.42. The number of esters is 1. The molecule has 1 atom stereocenters. The van der Waals surface area contributed by atoms with Gasteiger partial charge in [-0.1, -0.05) is 44.2 Å². The molecule has 0 spiro atoms. The van der Waals surface area contributed by atoms with E-state index in [-0.39, 0.29) is 29.7 Å². The van der Waals surface area contributed by atoms with E-state index in [1.807, 2.05) is 44.2 Å². The summed E-state index contributed by atoms with van der Waals surface area (Å²) in [6, 6.07) is 7.64. The van der Waals surface area contributed by atoms with Gasteiger partial charge in [0.25, 0.3) is 5.91 Å². The van der Waals surface area contributed by atoms with Gasteiger partial charge < -0.3 is 15.4 Å². The number of benzene rings is 1. The van der Waals surface area contributed by atoms with Gasteiger partial charge >= 0.3 is 12.0 Å². The highest BCUT2D eigenvalue weighted by Gasteiger charge is 2.39. The minimum absolute atomic E-state index is 0.136. The van der Waals surface area contributed by atoms with Gasteiger partial charge in [-0.3, -0.25) is 14.5 Å². The molecule has 0 radical (unpaired) electrons. The summed E-state index contributed by atoms with van der Waals surface area (Å²) in [7, 11) is 1.27. The Morgan fingerprint density at radius 3 is 2.61 bits per heavy atom. The number of ether oxygens (including phenoxy) is 1. The number of hydrogen-bond donors (Lipinski definition) is 2. The Hall–Kier alpha value is -3.27. The van der Waals surface area contributed by atoms with Crippen molar-refractivity contribution in [1.82, 2.24) is 15.2 Å². The van der Waals surface area contributed by atoms with E-state index in [0.29, 0.717) is 6.42 Å². The van der Waals surface area contributed by atoms with E-state index in [1.54, 1.807) is 0 Å². The number of carbonyl (C=O) groups is 4. The molecular weight excluding hydrogens is 420 g/mol. The molecule has 164 valence electrons. The molecule has 1 aromatic heterocycles. The Balaban J connectivity index is 1.64. The first-order chi connectivity index (χ1) is 14.8. The molecule has 0 saturated carbocycles. The molecular formula is C21H24N4O5S. The predicted octanol–water partition coefficient (Wildman–Crippen LogP) is 2.58. The number of hydrogen-bond acceptors (Lipinski definition) is 7. The van der Waals surface area contributed by atoms with Crippen LogP contribution in [0.2, 0.25) is 0 Å². The maximum absolute atomic E-state index is 12.6. The lowest BCUT2D eigenvalue weighted by Crippen LogP contribution is -2.34. The average molecular weight is 445 g/mol. The van der Waals surface area contributed by atoms with Crippen LogP contribution in [0.15, 0.2) is 30.3 Å². The molecule has 2 aromatic rings. The van der Waals surface area contributed by atoms with Crippen LogP contribution < -0.4 is 10.6 Å². The molecule has 2 N–H and O–H groups in total. The zero-order chi connectivity index (χ0) is 22.5. The lowest BCUT2D eigenvalue weighted by Gasteiger charge is -2.12. The number of imide groups is 1. The number of anilines is 1. The number of urea groups is 1. The van der Waals surface area contributed by atoms with Crippen LogP contribution in [0.4, 0.5) is 9.93 Å². The first kappa shape index (κ1) is 22.4. The van der Waals surface area contributed by atoms with E-state index < -0.39 is 29.9 Å². The SMILES string of the molecule is COC(=O)c1nc(NC(=O)CC2NC(=O)N(Cc3ccccc3)C2=O)sc1CC(C)C. The van der Waals surface area contributed by atoms with E-state index in [9.17, 15) is 19.2 Å². The molecule has 9 nitrogen and oxygen atoms in total. The molecule has 1 aliphatic heterocycles. The van der Waals surface area contributed by atoms with E-state index in [1.165, 1.54) is 18.4 Å². The van der Waals surface area contributed by atoms with Crippen molar-refractivity contribution in [2.75, 3.05) is 12.4 Å². The zero-order valence-electron chi connectivity index (χ0n) is 17.5. The minimum atomic E-state index is -0.952. The monoisotopic (exact) mass is 444 g/mol. The topological polar surface area (TPSA) is 118 Å². The number of carbonyl (C=O) groups excluding carboxylic acids is 4. The lowest BCUT2D eigenvalue weighted by atomic mass is 10.1. The number of aromatic nitrogens is 1. The molecule has 10 heteroatoms. The molecule has 1 unspecified atom stereocenters. The minimum Gasteiger partial charge on any atom is -0.464 e. The fourth-order valence-electron chi connectivity index (χ4n) is 3.16. The zero-order valence-corrected chi connectivity index (χ0v) is 18.3. The molecule has 0 bridgehead atoms. The molecule has 4 amide bonds. The summed E-state index contributed by atoms with van der Waals surface area (Å²) in [5.41, 5.74) is 0.989. The van der Waals surface area contributed by atoms with Crippen LogP contribution in [0, 0.1) is 5.92 Å². The summed E-state index contributed by atoms with van der Waals surface area (Å²) in [6.45, 7) is 4.15. The molecule has 0 aliphatic carbocycles. The third-order valence-corrected chi connectivity index (χ3v) is 5.59. The van der Waals surface area contributed by atoms with Crippen molar-refractivity contribution in [3.8, 4) is 0 Å². The Kier molecular flexibility index (Phi) is 7.01. The van der Waals surface area contributed by atoms with Crippen LogP contribution >= 0.6 is 11.3 Å². The van der Waals surface area contributed by atoms with E-state index in [2.05, 4.69) is 15.6 Å². The van der Waals surface area contributed by atoms with Crippen molar-refractivity contribution < 1.29 is 23.9 Å². The predicted molar refractivity (Wildman–Crippen MR) is 115 cm³/mol. The summed E-state index contributed by atoms with van der Waals surface area (Å²) >= 11 is 1.19. The van der Waals surface area contributed by atoms with Gasteiger partial charge in [0.2, 0.25) is 5.91 Å². The van der Waals surface area contributed by atoms with Crippen LogP contribution in [0.3, 0.4) is 0 Å². The number of thiazole rings is 1. The second-order valence-electron chi connectivity index (χ2n) is 7.54. The molecule has 3 rings (SSSR count). The van der Waals surface area contributed by atoms with E-state index >= 15 is 0 Å². The van der Waals surface area contributed by atoms with E-state index in [4.69, 9.17) is 4.74 Å². The molecule has 1 saturated heterocycles. The highest BCUT2D eigenvalue weighted by Crippen LogP contribution is 2.27. The van der Waals surface area contributed by atoms with Crippen molar-refractivity contribution in [2.45, 2.75) is 39.3 Å². The van der Waals surface area contributed by atoms with Gasteiger partial charge in [0.15, 0.2) is 10.8 Å². The second kappa shape index (κ2) is 9.69. The highest BCUT2D eigenvalue weighted by molar-refractivity contribution is 7.16. The Morgan fingerprint density at radius 1 is 1.26 bits per heavy atom. The van der Waals surface area contributed by atoms with Gasteiger partial charge in [-0.25, -0.2) is 14.6 Å². The lowest BCUT2D eigenvalue weighted by molar-refractivity contribution is -0.130. The Labute approximate surface area is 183 Å². The van der Waals surface area contributed by atoms with Crippen LogP contribution in [0.1, 0.15) is 41.2 Å². The van der Waals surface area contributed by atoms with Crippen molar-refractivity contribution in [3.05, 3.63) is 46.5 Å². The number of nitrogens with one attached hydrogen (secondary N) is 2.